The Bertz CT molecular complexity index is 1100. The van der Waals surface area contributed by atoms with Crippen LogP contribution in [0.4, 0.5) is 11.4 Å². The molecule has 0 amide bonds. The van der Waals surface area contributed by atoms with E-state index in [0.29, 0.717) is 13.2 Å². The molecular weight excluding hydrogens is 478 g/mol. The van der Waals surface area contributed by atoms with Gasteiger partial charge in [0.1, 0.15) is 18.1 Å². The molecule has 38 heavy (non-hydrogen) atoms. The van der Waals surface area contributed by atoms with E-state index in [9.17, 15) is 0 Å². The van der Waals surface area contributed by atoms with Crippen molar-refractivity contribution in [1.82, 2.24) is 4.90 Å². The van der Waals surface area contributed by atoms with E-state index in [-0.39, 0.29) is 0 Å². The van der Waals surface area contributed by atoms with Gasteiger partial charge in [-0.1, -0.05) is 24.3 Å². The molecule has 7 nitrogen and oxygen atoms in total. The second kappa shape index (κ2) is 14.6. The van der Waals surface area contributed by atoms with Crippen molar-refractivity contribution in [3.05, 3.63) is 83.9 Å². The molecule has 1 saturated heterocycles. The third-order valence-corrected chi connectivity index (χ3v) is 6.66. The maximum Gasteiger partial charge on any atom is 0.119 e. The second-order valence-electron chi connectivity index (χ2n) is 9.68. The number of ether oxygens (including phenoxy) is 4. The Morgan fingerprint density at radius 2 is 1.47 bits per heavy atom. The van der Waals surface area contributed by atoms with Crippen molar-refractivity contribution in [3.63, 3.8) is 0 Å². The Kier molecular flexibility index (Phi) is 10.7. The summed E-state index contributed by atoms with van der Waals surface area (Å²) in [7, 11) is 5.85. The Hall–Kier alpha value is -3.26. The van der Waals surface area contributed by atoms with Crippen molar-refractivity contribution in [2.24, 2.45) is 0 Å². The molecule has 0 N–H and O–H groups in total. The Balaban J connectivity index is 1.35. The Morgan fingerprint density at radius 3 is 2.18 bits per heavy atom. The van der Waals surface area contributed by atoms with Gasteiger partial charge in [-0.05, 0) is 59.7 Å². The molecule has 4 rings (SSSR count). The first-order valence-corrected chi connectivity index (χ1v) is 13.4. The molecular formula is C31H41N3O4. The van der Waals surface area contributed by atoms with Crippen LogP contribution in [0.1, 0.15) is 11.1 Å². The Morgan fingerprint density at radius 1 is 0.763 bits per heavy atom. The molecule has 1 heterocycles. The van der Waals surface area contributed by atoms with E-state index in [0.717, 1.165) is 69.7 Å². The highest BCUT2D eigenvalue weighted by atomic mass is 16.5. The van der Waals surface area contributed by atoms with Gasteiger partial charge in [0.2, 0.25) is 0 Å². The van der Waals surface area contributed by atoms with Gasteiger partial charge < -0.3 is 28.7 Å². The SMILES string of the molecule is COc1cccc(CN(Cc2cccc(N(C)C)c2)c2ccc(OCCOCCN3CCOCC3)cc2)c1. The second-order valence-corrected chi connectivity index (χ2v) is 9.68. The first-order valence-electron chi connectivity index (χ1n) is 13.4. The molecule has 7 heteroatoms. The number of rotatable bonds is 14. The summed E-state index contributed by atoms with van der Waals surface area (Å²) < 4.78 is 22.6. The summed E-state index contributed by atoms with van der Waals surface area (Å²) in [5.74, 6) is 1.72. The van der Waals surface area contributed by atoms with E-state index >= 15 is 0 Å². The van der Waals surface area contributed by atoms with Gasteiger partial charge in [0.25, 0.3) is 0 Å². The number of morpholine rings is 1. The van der Waals surface area contributed by atoms with Crippen molar-refractivity contribution in [3.8, 4) is 11.5 Å². The van der Waals surface area contributed by atoms with E-state index in [1.54, 1.807) is 7.11 Å². The molecule has 0 unspecified atom stereocenters. The number of anilines is 2. The lowest BCUT2D eigenvalue weighted by Crippen LogP contribution is -2.38. The smallest absolute Gasteiger partial charge is 0.119 e. The van der Waals surface area contributed by atoms with Crippen LogP contribution in [-0.4, -0.2) is 78.8 Å². The van der Waals surface area contributed by atoms with Gasteiger partial charge in [0.15, 0.2) is 0 Å². The number of hydrogen-bond acceptors (Lipinski definition) is 7. The van der Waals surface area contributed by atoms with Gasteiger partial charge in [0.05, 0.1) is 33.5 Å². The van der Waals surface area contributed by atoms with Crippen LogP contribution in [-0.2, 0) is 22.6 Å². The van der Waals surface area contributed by atoms with E-state index in [1.165, 1.54) is 16.8 Å². The van der Waals surface area contributed by atoms with Gasteiger partial charge in [-0.15, -0.1) is 0 Å². The Labute approximate surface area is 227 Å². The quantitative estimate of drug-likeness (QED) is 0.286. The van der Waals surface area contributed by atoms with Crippen molar-refractivity contribution in [2.75, 3.05) is 83.7 Å². The summed E-state index contributed by atoms with van der Waals surface area (Å²) in [5, 5.41) is 0. The van der Waals surface area contributed by atoms with Gasteiger partial charge in [0, 0.05) is 58.2 Å². The number of methoxy groups -OCH3 is 1. The van der Waals surface area contributed by atoms with E-state index in [2.05, 4.69) is 77.3 Å². The van der Waals surface area contributed by atoms with Gasteiger partial charge in [-0.3, -0.25) is 4.90 Å². The molecule has 1 aliphatic heterocycles. The zero-order valence-corrected chi connectivity index (χ0v) is 23.0. The predicted molar refractivity (Wildman–Crippen MR) is 154 cm³/mol. The molecule has 204 valence electrons. The number of hydrogen-bond donors (Lipinski definition) is 0. The molecule has 0 saturated carbocycles. The van der Waals surface area contributed by atoms with Crippen molar-refractivity contribution in [1.29, 1.82) is 0 Å². The highest BCUT2D eigenvalue weighted by Gasteiger charge is 2.12. The highest BCUT2D eigenvalue weighted by Crippen LogP contribution is 2.25. The average molecular weight is 520 g/mol. The first kappa shape index (κ1) is 27.8. The third-order valence-electron chi connectivity index (χ3n) is 6.66. The van der Waals surface area contributed by atoms with Crippen LogP contribution in [0.3, 0.4) is 0 Å². The minimum Gasteiger partial charge on any atom is -0.497 e. The van der Waals surface area contributed by atoms with E-state index < -0.39 is 0 Å². The first-order chi connectivity index (χ1) is 18.6. The minimum atomic E-state index is 0.535. The molecule has 0 aromatic heterocycles. The van der Waals surface area contributed by atoms with Crippen molar-refractivity contribution >= 4 is 11.4 Å². The topological polar surface area (TPSA) is 46.6 Å². The lowest BCUT2D eigenvalue weighted by molar-refractivity contribution is 0.0170. The standard InChI is InChI=1S/C31H41N3O4/c1-32(2)29-8-4-6-26(22-29)24-34(25-27-7-5-9-31(23-27)35-3)28-10-12-30(13-11-28)38-21-20-37-19-16-33-14-17-36-18-15-33/h4-13,22-23H,14-21,24-25H2,1-3H3. The van der Waals surface area contributed by atoms with Crippen LogP contribution in [0.15, 0.2) is 72.8 Å². The maximum atomic E-state index is 5.94. The lowest BCUT2D eigenvalue weighted by Gasteiger charge is -2.26. The zero-order chi connectivity index (χ0) is 26.6. The van der Waals surface area contributed by atoms with E-state index in [1.807, 2.05) is 24.3 Å². The van der Waals surface area contributed by atoms with Crippen molar-refractivity contribution in [2.45, 2.75) is 13.1 Å². The molecule has 3 aromatic rings. The van der Waals surface area contributed by atoms with Gasteiger partial charge >= 0.3 is 0 Å². The number of nitrogens with zero attached hydrogens (tertiary/aromatic N) is 3. The van der Waals surface area contributed by atoms with E-state index in [4.69, 9.17) is 18.9 Å². The van der Waals surface area contributed by atoms with Gasteiger partial charge in [-0.25, -0.2) is 0 Å². The van der Waals surface area contributed by atoms with Crippen LogP contribution >= 0.6 is 0 Å². The van der Waals surface area contributed by atoms with Gasteiger partial charge in [-0.2, -0.15) is 0 Å². The molecule has 0 atom stereocenters. The molecule has 0 spiro atoms. The fourth-order valence-electron chi connectivity index (χ4n) is 4.48. The number of benzene rings is 3. The third kappa shape index (κ3) is 8.65. The summed E-state index contributed by atoms with van der Waals surface area (Å²) in [5.41, 5.74) is 4.79. The summed E-state index contributed by atoms with van der Waals surface area (Å²) in [6.45, 7) is 7.94. The monoisotopic (exact) mass is 519 g/mol. The molecule has 0 aliphatic carbocycles. The fourth-order valence-corrected chi connectivity index (χ4v) is 4.48. The van der Waals surface area contributed by atoms with Crippen molar-refractivity contribution < 1.29 is 18.9 Å². The summed E-state index contributed by atoms with van der Waals surface area (Å²) >= 11 is 0. The zero-order valence-electron chi connectivity index (χ0n) is 23.0. The molecule has 0 bridgehead atoms. The lowest BCUT2D eigenvalue weighted by atomic mass is 10.1. The summed E-state index contributed by atoms with van der Waals surface area (Å²) in [6, 6.07) is 25.3. The molecule has 1 fully saturated rings. The minimum absolute atomic E-state index is 0.535. The highest BCUT2D eigenvalue weighted by molar-refractivity contribution is 5.52. The average Bonchev–Trinajstić information content (AvgIpc) is 2.95. The van der Waals surface area contributed by atoms with Crippen LogP contribution < -0.4 is 19.3 Å². The largest absolute Gasteiger partial charge is 0.497 e. The normalized spacial score (nSPS) is 13.8. The summed E-state index contributed by atoms with van der Waals surface area (Å²) in [6.07, 6.45) is 0. The molecule has 0 radical (unpaired) electrons. The van der Waals surface area contributed by atoms with Crippen LogP contribution in [0, 0.1) is 0 Å². The van der Waals surface area contributed by atoms with Crippen LogP contribution in [0.25, 0.3) is 0 Å². The maximum absolute atomic E-state index is 5.94. The van der Waals surface area contributed by atoms with Crippen LogP contribution in [0.2, 0.25) is 0 Å². The predicted octanol–water partition coefficient (Wildman–Crippen LogP) is 4.70. The van der Waals surface area contributed by atoms with Crippen LogP contribution in [0.5, 0.6) is 11.5 Å². The fraction of sp³-hybridized carbons (Fsp3) is 0.419. The molecule has 1 aliphatic rings. The summed E-state index contributed by atoms with van der Waals surface area (Å²) in [4.78, 5) is 6.88. The molecule has 3 aromatic carbocycles.